The van der Waals surface area contributed by atoms with E-state index in [1.807, 2.05) is 6.92 Å². The predicted molar refractivity (Wildman–Crippen MR) is 62.7 cm³/mol. The van der Waals surface area contributed by atoms with Gasteiger partial charge in [0.05, 0.1) is 5.92 Å². The summed E-state index contributed by atoms with van der Waals surface area (Å²) in [6.07, 6.45) is 4.91. The Bertz CT molecular complexity index is 307. The maximum atomic E-state index is 11.8. The van der Waals surface area contributed by atoms with Crippen LogP contribution >= 0.6 is 0 Å². The van der Waals surface area contributed by atoms with Gasteiger partial charge in [0, 0.05) is 19.1 Å². The fraction of sp³-hybridized carbons (Fsp3) is 0.833. The highest BCUT2D eigenvalue weighted by atomic mass is 16.4. The number of carboxylic acid groups (broad SMARTS) is 1. The molecule has 2 fully saturated rings. The van der Waals surface area contributed by atoms with Crippen molar-refractivity contribution in [1.82, 2.24) is 10.2 Å². The van der Waals surface area contributed by atoms with Gasteiger partial charge in [0.1, 0.15) is 0 Å². The normalized spacial score (nSPS) is 23.2. The molecule has 2 aliphatic rings. The number of amides is 2. The molecule has 2 N–H and O–H groups in total. The second-order valence-electron chi connectivity index (χ2n) is 5.22. The summed E-state index contributed by atoms with van der Waals surface area (Å²) in [6, 6.07) is 0.0933. The van der Waals surface area contributed by atoms with Crippen molar-refractivity contribution in [3.05, 3.63) is 0 Å². The van der Waals surface area contributed by atoms with E-state index in [4.69, 9.17) is 5.11 Å². The van der Waals surface area contributed by atoms with E-state index in [0.717, 1.165) is 0 Å². The van der Waals surface area contributed by atoms with Crippen molar-refractivity contribution in [2.75, 3.05) is 13.1 Å². The molecular formula is C12H20N2O3. The zero-order valence-corrected chi connectivity index (χ0v) is 10.2. The van der Waals surface area contributed by atoms with Gasteiger partial charge in [0.15, 0.2) is 0 Å². The predicted octanol–water partition coefficient (Wildman–Crippen LogP) is 1.29. The van der Waals surface area contributed by atoms with Gasteiger partial charge in [-0.05, 0) is 25.7 Å². The molecular weight excluding hydrogens is 220 g/mol. The first kappa shape index (κ1) is 12.2. The third-order valence-electron chi connectivity index (χ3n) is 3.98. The molecule has 0 radical (unpaired) electrons. The smallest absolute Gasteiger partial charge is 0.317 e. The lowest BCUT2D eigenvalue weighted by atomic mass is 9.99. The Hall–Kier alpha value is -1.26. The minimum Gasteiger partial charge on any atom is -0.481 e. The molecule has 1 atom stereocenters. The quantitative estimate of drug-likeness (QED) is 0.781. The van der Waals surface area contributed by atoms with Crippen LogP contribution in [-0.2, 0) is 4.79 Å². The monoisotopic (exact) mass is 240 g/mol. The Kier molecular flexibility index (Phi) is 3.54. The molecule has 17 heavy (non-hydrogen) atoms. The van der Waals surface area contributed by atoms with Crippen LogP contribution in [0.3, 0.4) is 0 Å². The van der Waals surface area contributed by atoms with Crippen LogP contribution in [0.1, 0.15) is 32.6 Å². The van der Waals surface area contributed by atoms with Crippen LogP contribution in [0.5, 0.6) is 0 Å². The van der Waals surface area contributed by atoms with Crippen molar-refractivity contribution in [2.45, 2.75) is 38.6 Å². The molecule has 1 aliphatic heterocycles. The van der Waals surface area contributed by atoms with Gasteiger partial charge in [-0.25, -0.2) is 4.79 Å². The van der Waals surface area contributed by atoms with E-state index >= 15 is 0 Å². The molecule has 1 saturated heterocycles. The fourth-order valence-electron chi connectivity index (χ4n) is 2.66. The van der Waals surface area contributed by atoms with Crippen LogP contribution in [0.25, 0.3) is 0 Å². The minimum atomic E-state index is -0.808. The SMILES string of the molecule is CC(NC(=O)N1CC(C(=O)O)C1)C1CCCC1. The first-order valence-electron chi connectivity index (χ1n) is 6.36. The standard InChI is InChI=1S/C12H20N2O3/c1-8(9-4-2-3-5-9)13-12(17)14-6-10(7-14)11(15)16/h8-10H,2-7H2,1H3,(H,13,17)(H,15,16). The maximum absolute atomic E-state index is 11.8. The molecule has 96 valence electrons. The number of hydrogen-bond acceptors (Lipinski definition) is 2. The number of carbonyl (C=O) groups is 2. The zero-order valence-electron chi connectivity index (χ0n) is 10.2. The Morgan fingerprint density at radius 1 is 1.29 bits per heavy atom. The van der Waals surface area contributed by atoms with Gasteiger partial charge < -0.3 is 15.3 Å². The molecule has 1 aliphatic carbocycles. The van der Waals surface area contributed by atoms with Gasteiger partial charge in [0.25, 0.3) is 0 Å². The third kappa shape index (κ3) is 2.70. The highest BCUT2D eigenvalue weighted by Crippen LogP contribution is 2.27. The van der Waals surface area contributed by atoms with Gasteiger partial charge in [-0.2, -0.15) is 0 Å². The first-order chi connectivity index (χ1) is 8.08. The number of rotatable bonds is 3. The zero-order chi connectivity index (χ0) is 12.4. The number of nitrogens with one attached hydrogen (secondary N) is 1. The van der Waals surface area contributed by atoms with E-state index in [1.54, 1.807) is 4.90 Å². The lowest BCUT2D eigenvalue weighted by Gasteiger charge is -2.37. The summed E-state index contributed by atoms with van der Waals surface area (Å²) in [5, 5.41) is 11.7. The molecule has 0 aromatic rings. The number of carboxylic acids is 1. The summed E-state index contributed by atoms with van der Waals surface area (Å²) in [7, 11) is 0. The van der Waals surface area contributed by atoms with Gasteiger partial charge in [-0.3, -0.25) is 4.79 Å². The van der Waals surface area contributed by atoms with Crippen molar-refractivity contribution < 1.29 is 14.7 Å². The van der Waals surface area contributed by atoms with E-state index in [2.05, 4.69) is 5.32 Å². The molecule has 2 amide bonds. The number of nitrogens with zero attached hydrogens (tertiary/aromatic N) is 1. The summed E-state index contributed by atoms with van der Waals surface area (Å²) in [4.78, 5) is 24.0. The van der Waals surface area contributed by atoms with Gasteiger partial charge in [-0.15, -0.1) is 0 Å². The molecule has 0 bridgehead atoms. The van der Waals surface area contributed by atoms with E-state index in [1.165, 1.54) is 25.7 Å². The number of likely N-dealkylation sites (tertiary alicyclic amines) is 1. The highest BCUT2D eigenvalue weighted by molar-refractivity contribution is 5.79. The number of carbonyl (C=O) groups excluding carboxylic acids is 1. The molecule has 0 spiro atoms. The number of urea groups is 1. The van der Waals surface area contributed by atoms with Gasteiger partial charge in [-0.1, -0.05) is 12.8 Å². The van der Waals surface area contributed by atoms with Gasteiger partial charge in [0.2, 0.25) is 0 Å². The second-order valence-corrected chi connectivity index (χ2v) is 5.22. The average Bonchev–Trinajstić information content (AvgIpc) is 2.66. The van der Waals surface area contributed by atoms with Crippen molar-refractivity contribution in [3.63, 3.8) is 0 Å². The largest absolute Gasteiger partial charge is 0.481 e. The summed E-state index contributed by atoms with van der Waals surface area (Å²) < 4.78 is 0. The van der Waals surface area contributed by atoms with Crippen LogP contribution in [0.2, 0.25) is 0 Å². The molecule has 0 aromatic heterocycles. The maximum Gasteiger partial charge on any atom is 0.317 e. The molecule has 1 heterocycles. The molecule has 2 rings (SSSR count). The molecule has 5 heteroatoms. The molecule has 1 saturated carbocycles. The van der Waals surface area contributed by atoms with Crippen LogP contribution in [-0.4, -0.2) is 41.1 Å². The van der Waals surface area contributed by atoms with Gasteiger partial charge >= 0.3 is 12.0 Å². The Balaban J connectivity index is 1.72. The third-order valence-corrected chi connectivity index (χ3v) is 3.98. The first-order valence-corrected chi connectivity index (χ1v) is 6.36. The van der Waals surface area contributed by atoms with Crippen molar-refractivity contribution in [3.8, 4) is 0 Å². The number of hydrogen-bond donors (Lipinski definition) is 2. The Labute approximate surface area is 101 Å². The van der Waals surface area contributed by atoms with E-state index in [-0.39, 0.29) is 18.0 Å². The lowest BCUT2D eigenvalue weighted by Crippen LogP contribution is -2.57. The summed E-state index contributed by atoms with van der Waals surface area (Å²) in [6.45, 7) is 2.74. The second kappa shape index (κ2) is 4.94. The van der Waals surface area contributed by atoms with Crippen LogP contribution < -0.4 is 5.32 Å². The summed E-state index contributed by atoms with van der Waals surface area (Å²) >= 11 is 0. The molecule has 1 unspecified atom stereocenters. The van der Waals surface area contributed by atoms with Crippen molar-refractivity contribution in [1.29, 1.82) is 0 Å². The average molecular weight is 240 g/mol. The molecule has 0 aromatic carbocycles. The van der Waals surface area contributed by atoms with Crippen molar-refractivity contribution >= 4 is 12.0 Å². The van der Waals surface area contributed by atoms with Crippen LogP contribution in [0.15, 0.2) is 0 Å². The van der Waals surface area contributed by atoms with Crippen LogP contribution in [0, 0.1) is 11.8 Å². The van der Waals surface area contributed by atoms with Crippen LogP contribution in [0.4, 0.5) is 4.79 Å². The lowest BCUT2D eigenvalue weighted by molar-refractivity contribution is -0.146. The van der Waals surface area contributed by atoms with E-state index in [9.17, 15) is 9.59 Å². The summed E-state index contributed by atoms with van der Waals surface area (Å²) in [5.74, 6) is -0.587. The topological polar surface area (TPSA) is 69.6 Å². The Morgan fingerprint density at radius 2 is 1.88 bits per heavy atom. The Morgan fingerprint density at radius 3 is 2.41 bits per heavy atom. The van der Waals surface area contributed by atoms with E-state index < -0.39 is 5.97 Å². The number of aliphatic carboxylic acids is 1. The molecule has 5 nitrogen and oxygen atoms in total. The van der Waals surface area contributed by atoms with Crippen molar-refractivity contribution in [2.24, 2.45) is 11.8 Å². The highest BCUT2D eigenvalue weighted by Gasteiger charge is 2.36. The summed E-state index contributed by atoms with van der Waals surface area (Å²) in [5.41, 5.74) is 0. The fourth-order valence-corrected chi connectivity index (χ4v) is 2.66. The van der Waals surface area contributed by atoms with E-state index in [0.29, 0.717) is 19.0 Å². The minimum absolute atomic E-state index is 0.109.